The molecule has 1 N–H and O–H groups in total. The first-order valence-corrected chi connectivity index (χ1v) is 7.84. The molecule has 1 aliphatic heterocycles. The van der Waals surface area contributed by atoms with Crippen LogP contribution in [0.3, 0.4) is 0 Å². The third kappa shape index (κ3) is 6.19. The van der Waals surface area contributed by atoms with Gasteiger partial charge >= 0.3 is 0 Å². The Kier molecular flexibility index (Phi) is 7.25. The maximum absolute atomic E-state index is 5.47. The van der Waals surface area contributed by atoms with Gasteiger partial charge in [-0.3, -0.25) is 0 Å². The van der Waals surface area contributed by atoms with Crippen molar-refractivity contribution in [1.29, 1.82) is 0 Å². The fourth-order valence-electron chi connectivity index (χ4n) is 3.18. The molecule has 0 spiro atoms. The highest BCUT2D eigenvalue weighted by molar-refractivity contribution is 4.81. The van der Waals surface area contributed by atoms with E-state index in [1.807, 2.05) is 0 Å². The average molecular weight is 255 g/mol. The molecule has 0 aliphatic carbocycles. The second-order valence-corrected chi connectivity index (χ2v) is 6.85. The third-order valence-corrected chi connectivity index (χ3v) is 4.08. The molecular weight excluding hydrogens is 222 g/mol. The number of nitrogens with one attached hydrogen (secondary N) is 1. The molecule has 1 unspecified atom stereocenters. The highest BCUT2D eigenvalue weighted by Gasteiger charge is 2.28. The molecule has 108 valence electrons. The quantitative estimate of drug-likeness (QED) is 0.711. The van der Waals surface area contributed by atoms with Crippen molar-refractivity contribution in [2.75, 3.05) is 26.3 Å². The predicted octanol–water partition coefficient (Wildman–Crippen LogP) is 3.86. The van der Waals surface area contributed by atoms with E-state index in [-0.39, 0.29) is 0 Å². The minimum absolute atomic E-state index is 0.478. The Morgan fingerprint density at radius 1 is 1.28 bits per heavy atom. The van der Waals surface area contributed by atoms with E-state index in [0.29, 0.717) is 5.41 Å². The molecule has 1 aliphatic rings. The van der Waals surface area contributed by atoms with E-state index in [1.165, 1.54) is 38.6 Å². The molecule has 0 aromatic heterocycles. The summed E-state index contributed by atoms with van der Waals surface area (Å²) in [5.74, 6) is 1.63. The van der Waals surface area contributed by atoms with Gasteiger partial charge in [-0.25, -0.2) is 0 Å². The zero-order valence-corrected chi connectivity index (χ0v) is 12.9. The molecule has 1 saturated heterocycles. The first kappa shape index (κ1) is 16.0. The Balaban J connectivity index is 2.39. The van der Waals surface area contributed by atoms with E-state index in [1.54, 1.807) is 0 Å². The van der Waals surface area contributed by atoms with Crippen LogP contribution in [0.2, 0.25) is 0 Å². The van der Waals surface area contributed by atoms with Crippen LogP contribution in [-0.2, 0) is 4.74 Å². The van der Waals surface area contributed by atoms with Crippen LogP contribution in [-0.4, -0.2) is 26.3 Å². The average Bonchev–Trinajstić information content (AvgIpc) is 2.29. The van der Waals surface area contributed by atoms with Gasteiger partial charge in [0.1, 0.15) is 0 Å². The second kappa shape index (κ2) is 8.16. The topological polar surface area (TPSA) is 21.3 Å². The molecule has 0 radical (unpaired) electrons. The van der Waals surface area contributed by atoms with Crippen LogP contribution in [0, 0.1) is 17.3 Å². The molecule has 1 rings (SSSR count). The number of hydrogen-bond donors (Lipinski definition) is 1. The molecular formula is C16H33NO. The summed E-state index contributed by atoms with van der Waals surface area (Å²) in [5.41, 5.74) is 0.478. The van der Waals surface area contributed by atoms with Crippen LogP contribution in [0.4, 0.5) is 0 Å². The van der Waals surface area contributed by atoms with Crippen molar-refractivity contribution in [3.8, 4) is 0 Å². The number of ether oxygens (including phenoxy) is 1. The molecule has 1 fully saturated rings. The zero-order valence-electron chi connectivity index (χ0n) is 12.9. The van der Waals surface area contributed by atoms with Crippen molar-refractivity contribution in [2.24, 2.45) is 17.3 Å². The third-order valence-electron chi connectivity index (χ3n) is 4.08. The largest absolute Gasteiger partial charge is 0.381 e. The molecule has 1 heterocycles. The normalized spacial score (nSPS) is 21.2. The molecule has 0 bridgehead atoms. The molecule has 0 amide bonds. The van der Waals surface area contributed by atoms with Gasteiger partial charge in [0.15, 0.2) is 0 Å². The Labute approximate surface area is 114 Å². The summed E-state index contributed by atoms with van der Waals surface area (Å²) >= 11 is 0. The van der Waals surface area contributed by atoms with Gasteiger partial charge in [0.2, 0.25) is 0 Å². The van der Waals surface area contributed by atoms with Crippen LogP contribution < -0.4 is 5.32 Å². The summed E-state index contributed by atoms with van der Waals surface area (Å²) in [7, 11) is 0. The Bertz CT molecular complexity index is 211. The summed E-state index contributed by atoms with van der Waals surface area (Å²) in [6.45, 7) is 13.6. The van der Waals surface area contributed by atoms with Crippen molar-refractivity contribution >= 4 is 0 Å². The fourth-order valence-corrected chi connectivity index (χ4v) is 3.18. The van der Waals surface area contributed by atoms with Gasteiger partial charge in [-0.15, -0.1) is 0 Å². The summed E-state index contributed by atoms with van der Waals surface area (Å²) in [4.78, 5) is 0. The highest BCUT2D eigenvalue weighted by Crippen LogP contribution is 2.34. The van der Waals surface area contributed by atoms with Crippen LogP contribution in [0.1, 0.15) is 59.8 Å². The maximum atomic E-state index is 5.47. The van der Waals surface area contributed by atoms with E-state index >= 15 is 0 Å². The summed E-state index contributed by atoms with van der Waals surface area (Å²) in [6, 6.07) is 0. The van der Waals surface area contributed by atoms with Gasteiger partial charge in [-0.2, -0.15) is 0 Å². The van der Waals surface area contributed by atoms with Crippen LogP contribution in [0.5, 0.6) is 0 Å². The predicted molar refractivity (Wildman–Crippen MR) is 78.9 cm³/mol. The number of hydrogen-bond acceptors (Lipinski definition) is 2. The smallest absolute Gasteiger partial charge is 0.0468 e. The summed E-state index contributed by atoms with van der Waals surface area (Å²) in [6.07, 6.45) is 6.54. The van der Waals surface area contributed by atoms with Crippen LogP contribution in [0.25, 0.3) is 0 Å². The lowest BCUT2D eigenvalue weighted by atomic mass is 9.75. The van der Waals surface area contributed by atoms with E-state index in [4.69, 9.17) is 4.74 Å². The van der Waals surface area contributed by atoms with E-state index in [9.17, 15) is 0 Å². The van der Waals surface area contributed by atoms with E-state index in [2.05, 4.69) is 33.0 Å². The Morgan fingerprint density at radius 2 is 1.94 bits per heavy atom. The molecule has 0 aromatic carbocycles. The fraction of sp³-hybridized carbons (Fsp3) is 1.00. The van der Waals surface area contributed by atoms with E-state index in [0.717, 1.165) is 31.6 Å². The van der Waals surface area contributed by atoms with Crippen molar-refractivity contribution in [2.45, 2.75) is 59.8 Å². The lowest BCUT2D eigenvalue weighted by Gasteiger charge is -2.35. The van der Waals surface area contributed by atoms with Gasteiger partial charge in [0.25, 0.3) is 0 Å². The van der Waals surface area contributed by atoms with Crippen LogP contribution in [0.15, 0.2) is 0 Å². The molecule has 1 atom stereocenters. The van der Waals surface area contributed by atoms with Gasteiger partial charge in [-0.05, 0) is 49.5 Å². The monoisotopic (exact) mass is 255 g/mol. The van der Waals surface area contributed by atoms with Gasteiger partial charge in [-0.1, -0.05) is 34.1 Å². The zero-order chi connectivity index (χ0) is 13.4. The number of rotatable bonds is 8. The van der Waals surface area contributed by atoms with Crippen molar-refractivity contribution in [1.82, 2.24) is 5.32 Å². The van der Waals surface area contributed by atoms with Crippen molar-refractivity contribution < 1.29 is 4.74 Å². The van der Waals surface area contributed by atoms with Gasteiger partial charge < -0.3 is 10.1 Å². The summed E-state index contributed by atoms with van der Waals surface area (Å²) < 4.78 is 5.47. The minimum Gasteiger partial charge on any atom is -0.381 e. The van der Waals surface area contributed by atoms with Crippen molar-refractivity contribution in [3.63, 3.8) is 0 Å². The van der Waals surface area contributed by atoms with Gasteiger partial charge in [0.05, 0.1) is 0 Å². The summed E-state index contributed by atoms with van der Waals surface area (Å²) in [5, 5.41) is 3.67. The molecule has 0 aromatic rings. The second-order valence-electron chi connectivity index (χ2n) is 6.85. The molecule has 18 heavy (non-hydrogen) atoms. The lowest BCUT2D eigenvalue weighted by Crippen LogP contribution is -2.36. The highest BCUT2D eigenvalue weighted by atomic mass is 16.5. The minimum atomic E-state index is 0.478. The van der Waals surface area contributed by atoms with E-state index < -0.39 is 0 Å². The first-order valence-electron chi connectivity index (χ1n) is 7.84. The standard InChI is InChI=1S/C16H33NO/c1-5-8-16(4,13-17-12-14(2)3)11-15-6-9-18-10-7-15/h14-15,17H,5-13H2,1-4H3. The Hall–Kier alpha value is -0.0800. The van der Waals surface area contributed by atoms with Crippen LogP contribution >= 0.6 is 0 Å². The lowest BCUT2D eigenvalue weighted by molar-refractivity contribution is 0.0472. The molecule has 2 heteroatoms. The molecule has 2 nitrogen and oxygen atoms in total. The van der Waals surface area contributed by atoms with Crippen molar-refractivity contribution in [3.05, 3.63) is 0 Å². The molecule has 0 saturated carbocycles. The SMILES string of the molecule is CCCC(C)(CNCC(C)C)CC1CCOCC1. The first-order chi connectivity index (χ1) is 8.56. The van der Waals surface area contributed by atoms with Gasteiger partial charge in [0, 0.05) is 19.8 Å². The maximum Gasteiger partial charge on any atom is 0.0468 e. The Morgan fingerprint density at radius 3 is 2.50 bits per heavy atom.